The Kier molecular flexibility index (Phi) is 7.25. The number of carboxylic acid groups (broad SMARTS) is 1. The molecule has 0 unspecified atom stereocenters. The topological polar surface area (TPSA) is 81.7 Å². The maximum Gasteiger partial charge on any atom is 0.317 e. The number of aliphatic carboxylic acids is 1. The van der Waals surface area contributed by atoms with E-state index in [0.717, 1.165) is 32.4 Å². The first-order valence-electron chi connectivity index (χ1n) is 7.08. The van der Waals surface area contributed by atoms with E-state index < -0.39 is 5.97 Å². The number of hydrogen-bond acceptors (Lipinski definition) is 3. The molecule has 1 fully saturated rings. The zero-order valence-electron chi connectivity index (χ0n) is 11.7. The molecule has 0 spiro atoms. The minimum absolute atomic E-state index is 0.0229. The van der Waals surface area contributed by atoms with Crippen molar-refractivity contribution in [1.82, 2.24) is 15.5 Å². The predicted molar refractivity (Wildman–Crippen MR) is 73.1 cm³/mol. The Balaban J connectivity index is 2.12. The summed E-state index contributed by atoms with van der Waals surface area (Å²) in [7, 11) is 0. The fourth-order valence-corrected chi connectivity index (χ4v) is 2.28. The lowest BCUT2D eigenvalue weighted by atomic mass is 9.94. The number of nitrogens with one attached hydrogen (secondary N) is 2. The minimum atomic E-state index is -0.744. The average molecular weight is 271 g/mol. The van der Waals surface area contributed by atoms with E-state index in [1.807, 2.05) is 0 Å². The molecule has 19 heavy (non-hydrogen) atoms. The van der Waals surface area contributed by atoms with Gasteiger partial charge >= 0.3 is 12.0 Å². The first-order chi connectivity index (χ1) is 9.13. The summed E-state index contributed by atoms with van der Waals surface area (Å²) in [5, 5.41) is 14.8. The van der Waals surface area contributed by atoms with Crippen LogP contribution in [0.5, 0.6) is 0 Å². The van der Waals surface area contributed by atoms with E-state index in [-0.39, 0.29) is 18.4 Å². The number of piperidine rings is 1. The van der Waals surface area contributed by atoms with Gasteiger partial charge < -0.3 is 20.6 Å². The van der Waals surface area contributed by atoms with Gasteiger partial charge in [0.15, 0.2) is 0 Å². The van der Waals surface area contributed by atoms with Gasteiger partial charge in [0.05, 0.1) is 0 Å². The van der Waals surface area contributed by atoms with Gasteiger partial charge in [0.25, 0.3) is 0 Å². The lowest BCUT2D eigenvalue weighted by Gasteiger charge is -2.31. The van der Waals surface area contributed by atoms with Crippen molar-refractivity contribution in [1.29, 1.82) is 0 Å². The lowest BCUT2D eigenvalue weighted by molar-refractivity contribution is -0.138. The Morgan fingerprint density at radius 2 is 1.95 bits per heavy atom. The van der Waals surface area contributed by atoms with Crippen LogP contribution in [0, 0.1) is 5.92 Å². The largest absolute Gasteiger partial charge is 0.481 e. The standard InChI is InChI=1S/C13H25N3O3/c1-2-14-6-3-7-15-13(19)16-8-4-11(5-9-16)10-12(17)18/h11,14H,2-10H2,1H3,(H,15,19)(H,17,18). The Labute approximate surface area is 114 Å². The summed E-state index contributed by atoms with van der Waals surface area (Å²) in [5.41, 5.74) is 0. The van der Waals surface area contributed by atoms with Gasteiger partial charge in [-0.25, -0.2) is 4.79 Å². The molecule has 0 aromatic carbocycles. The Hall–Kier alpha value is -1.30. The highest BCUT2D eigenvalue weighted by atomic mass is 16.4. The second kappa shape index (κ2) is 8.74. The molecular weight excluding hydrogens is 246 g/mol. The molecule has 1 heterocycles. The molecule has 0 atom stereocenters. The minimum Gasteiger partial charge on any atom is -0.481 e. The molecule has 6 nitrogen and oxygen atoms in total. The van der Waals surface area contributed by atoms with Crippen LogP contribution in [0.15, 0.2) is 0 Å². The Morgan fingerprint density at radius 1 is 1.26 bits per heavy atom. The molecule has 0 aromatic rings. The Morgan fingerprint density at radius 3 is 2.53 bits per heavy atom. The highest BCUT2D eigenvalue weighted by Crippen LogP contribution is 2.20. The SMILES string of the molecule is CCNCCCNC(=O)N1CCC(CC(=O)O)CC1. The van der Waals surface area contributed by atoms with E-state index in [2.05, 4.69) is 17.6 Å². The van der Waals surface area contributed by atoms with Gasteiger partial charge in [-0.15, -0.1) is 0 Å². The average Bonchev–Trinajstić information content (AvgIpc) is 2.38. The zero-order valence-corrected chi connectivity index (χ0v) is 11.7. The third-order valence-electron chi connectivity index (χ3n) is 3.42. The van der Waals surface area contributed by atoms with Crippen LogP contribution in [0.4, 0.5) is 4.79 Å². The molecule has 0 saturated carbocycles. The first-order valence-corrected chi connectivity index (χ1v) is 7.08. The van der Waals surface area contributed by atoms with E-state index in [9.17, 15) is 9.59 Å². The molecular formula is C13H25N3O3. The highest BCUT2D eigenvalue weighted by molar-refractivity contribution is 5.74. The number of hydrogen-bond donors (Lipinski definition) is 3. The van der Waals surface area contributed by atoms with Crippen molar-refractivity contribution in [3.05, 3.63) is 0 Å². The molecule has 3 N–H and O–H groups in total. The van der Waals surface area contributed by atoms with E-state index >= 15 is 0 Å². The second-order valence-electron chi connectivity index (χ2n) is 4.97. The van der Waals surface area contributed by atoms with Gasteiger partial charge in [0.2, 0.25) is 0 Å². The van der Waals surface area contributed by atoms with Crippen LogP contribution in [-0.4, -0.2) is 54.7 Å². The van der Waals surface area contributed by atoms with E-state index in [1.165, 1.54) is 0 Å². The number of rotatable bonds is 7. The third-order valence-corrected chi connectivity index (χ3v) is 3.42. The van der Waals surface area contributed by atoms with Crippen LogP contribution >= 0.6 is 0 Å². The lowest BCUT2D eigenvalue weighted by Crippen LogP contribution is -2.45. The molecule has 0 bridgehead atoms. The molecule has 0 aromatic heterocycles. The van der Waals surface area contributed by atoms with Crippen LogP contribution in [0.2, 0.25) is 0 Å². The first kappa shape index (κ1) is 15.8. The molecule has 1 rings (SSSR count). The number of urea groups is 1. The smallest absolute Gasteiger partial charge is 0.317 e. The van der Waals surface area contributed by atoms with Crippen LogP contribution in [0.3, 0.4) is 0 Å². The van der Waals surface area contributed by atoms with Crippen molar-refractivity contribution in [2.24, 2.45) is 5.92 Å². The maximum absolute atomic E-state index is 11.8. The van der Waals surface area contributed by atoms with Gasteiger partial charge in [-0.3, -0.25) is 4.79 Å². The van der Waals surface area contributed by atoms with Crippen LogP contribution < -0.4 is 10.6 Å². The summed E-state index contributed by atoms with van der Waals surface area (Å²) in [4.78, 5) is 24.2. The number of carbonyl (C=O) groups excluding carboxylic acids is 1. The van der Waals surface area contributed by atoms with E-state index in [1.54, 1.807) is 4.90 Å². The molecule has 6 heteroatoms. The third kappa shape index (κ3) is 6.42. The van der Waals surface area contributed by atoms with Gasteiger partial charge in [0, 0.05) is 26.1 Å². The number of carbonyl (C=O) groups is 2. The van der Waals surface area contributed by atoms with Crippen molar-refractivity contribution in [3.8, 4) is 0 Å². The molecule has 110 valence electrons. The highest BCUT2D eigenvalue weighted by Gasteiger charge is 2.23. The fraction of sp³-hybridized carbons (Fsp3) is 0.846. The van der Waals surface area contributed by atoms with Crippen molar-refractivity contribution in [2.45, 2.75) is 32.6 Å². The number of carboxylic acids is 1. The van der Waals surface area contributed by atoms with Gasteiger partial charge in [0.1, 0.15) is 0 Å². The van der Waals surface area contributed by atoms with Crippen LogP contribution in [0.1, 0.15) is 32.6 Å². The second-order valence-corrected chi connectivity index (χ2v) is 4.97. The molecule has 1 saturated heterocycles. The predicted octanol–water partition coefficient (Wildman–Crippen LogP) is 0.882. The number of amides is 2. The summed E-state index contributed by atoms with van der Waals surface area (Å²) in [6, 6.07) is -0.0229. The fourth-order valence-electron chi connectivity index (χ4n) is 2.28. The normalized spacial score (nSPS) is 16.4. The van der Waals surface area contributed by atoms with Crippen molar-refractivity contribution < 1.29 is 14.7 Å². The summed E-state index contributed by atoms with van der Waals surface area (Å²) in [6.45, 7) is 5.93. The van der Waals surface area contributed by atoms with E-state index in [0.29, 0.717) is 19.6 Å². The summed E-state index contributed by atoms with van der Waals surface area (Å²) >= 11 is 0. The summed E-state index contributed by atoms with van der Waals surface area (Å²) < 4.78 is 0. The van der Waals surface area contributed by atoms with Gasteiger partial charge in [-0.2, -0.15) is 0 Å². The number of nitrogens with zero attached hydrogens (tertiary/aromatic N) is 1. The molecule has 0 radical (unpaired) electrons. The molecule has 1 aliphatic heterocycles. The summed E-state index contributed by atoms with van der Waals surface area (Å²) in [6.07, 6.45) is 2.72. The van der Waals surface area contributed by atoms with Crippen molar-refractivity contribution >= 4 is 12.0 Å². The van der Waals surface area contributed by atoms with Crippen molar-refractivity contribution in [3.63, 3.8) is 0 Å². The molecule has 2 amide bonds. The molecule has 1 aliphatic rings. The van der Waals surface area contributed by atoms with Gasteiger partial charge in [-0.1, -0.05) is 6.92 Å². The summed E-state index contributed by atoms with van der Waals surface area (Å²) in [5.74, 6) is -0.526. The van der Waals surface area contributed by atoms with E-state index in [4.69, 9.17) is 5.11 Å². The Bertz CT molecular complexity index is 289. The maximum atomic E-state index is 11.8. The quantitative estimate of drug-likeness (QED) is 0.600. The van der Waals surface area contributed by atoms with Gasteiger partial charge in [-0.05, 0) is 38.3 Å². The van der Waals surface area contributed by atoms with Crippen LogP contribution in [-0.2, 0) is 4.79 Å². The zero-order chi connectivity index (χ0) is 14.1. The number of likely N-dealkylation sites (tertiary alicyclic amines) is 1. The van der Waals surface area contributed by atoms with Crippen molar-refractivity contribution in [2.75, 3.05) is 32.7 Å². The monoisotopic (exact) mass is 271 g/mol. The molecule has 0 aliphatic carbocycles. The van der Waals surface area contributed by atoms with Crippen LogP contribution in [0.25, 0.3) is 0 Å².